The predicted molar refractivity (Wildman–Crippen MR) is 66.4 cm³/mol. The number of hydrogen-bond donors (Lipinski definition) is 1. The molecule has 0 saturated carbocycles. The number of aryl methyl sites for hydroxylation is 1. The fourth-order valence-electron chi connectivity index (χ4n) is 1.20. The van der Waals surface area contributed by atoms with Crippen LogP contribution < -0.4 is 5.73 Å². The molecule has 2 heterocycles. The molecule has 2 rings (SSSR count). The Morgan fingerprint density at radius 1 is 1.50 bits per heavy atom. The molecule has 2 aromatic rings. The number of nitrogens with two attached hydrogens (primary N) is 1. The van der Waals surface area contributed by atoms with Crippen LogP contribution in [0.25, 0.3) is 11.3 Å². The smallest absolute Gasteiger partial charge is 0.183 e. The number of halogens is 1. The fourth-order valence-corrected chi connectivity index (χ4v) is 2.55. The molecule has 0 aromatic carbocycles. The van der Waals surface area contributed by atoms with Crippen molar-refractivity contribution in [3.8, 4) is 11.3 Å². The topological polar surface area (TPSA) is 52.0 Å². The van der Waals surface area contributed by atoms with E-state index in [9.17, 15) is 0 Å². The van der Waals surface area contributed by atoms with Crippen molar-refractivity contribution in [2.75, 3.05) is 5.73 Å². The highest BCUT2D eigenvalue weighted by atomic mass is 127. The van der Waals surface area contributed by atoms with E-state index in [-0.39, 0.29) is 0 Å². The maximum Gasteiger partial charge on any atom is 0.183 e. The van der Waals surface area contributed by atoms with Gasteiger partial charge in [-0.15, -0.1) is 11.3 Å². The molecular formula is C9H9IN2OS. The van der Waals surface area contributed by atoms with Gasteiger partial charge in [0.05, 0.1) is 0 Å². The quantitative estimate of drug-likeness (QED) is 0.821. The number of nitrogens with zero attached hydrogens (tertiary/aromatic N) is 1. The largest absolute Gasteiger partial charge is 0.380 e. The minimum absolute atomic E-state index is 0.462. The summed E-state index contributed by atoms with van der Waals surface area (Å²) in [4.78, 5) is 1.30. The summed E-state index contributed by atoms with van der Waals surface area (Å²) in [6.45, 7) is 4.17. The van der Waals surface area contributed by atoms with Gasteiger partial charge < -0.3 is 10.3 Å². The Balaban J connectivity index is 2.60. The fraction of sp³-hybridized carbons (Fsp3) is 0.222. The highest BCUT2D eigenvalue weighted by molar-refractivity contribution is 14.1. The van der Waals surface area contributed by atoms with Crippen molar-refractivity contribution in [3.05, 3.63) is 19.4 Å². The van der Waals surface area contributed by atoms with Gasteiger partial charge in [0.15, 0.2) is 11.6 Å². The van der Waals surface area contributed by atoms with Gasteiger partial charge in [0.1, 0.15) is 3.57 Å². The molecule has 0 bridgehead atoms. The van der Waals surface area contributed by atoms with Crippen LogP contribution in [-0.2, 0) is 0 Å². The number of rotatable bonds is 1. The van der Waals surface area contributed by atoms with Crippen molar-refractivity contribution in [3.63, 3.8) is 0 Å². The van der Waals surface area contributed by atoms with E-state index in [0.29, 0.717) is 5.82 Å². The van der Waals surface area contributed by atoms with E-state index in [1.165, 1.54) is 10.4 Å². The third kappa shape index (κ3) is 1.44. The van der Waals surface area contributed by atoms with E-state index in [1.807, 2.05) is 0 Å². The van der Waals surface area contributed by atoms with Crippen molar-refractivity contribution >= 4 is 39.7 Å². The van der Waals surface area contributed by atoms with Gasteiger partial charge in [-0.3, -0.25) is 0 Å². The second-order valence-electron chi connectivity index (χ2n) is 3.04. The van der Waals surface area contributed by atoms with Gasteiger partial charge in [-0.1, -0.05) is 5.16 Å². The van der Waals surface area contributed by atoms with E-state index in [4.69, 9.17) is 10.3 Å². The van der Waals surface area contributed by atoms with Crippen LogP contribution in [0.2, 0.25) is 0 Å². The Labute approximate surface area is 99.4 Å². The van der Waals surface area contributed by atoms with Gasteiger partial charge in [0.2, 0.25) is 0 Å². The Morgan fingerprint density at radius 2 is 2.21 bits per heavy atom. The summed E-state index contributed by atoms with van der Waals surface area (Å²) < 4.78 is 6.09. The first-order valence-electron chi connectivity index (χ1n) is 4.07. The second kappa shape index (κ2) is 3.54. The number of thiophene rings is 1. The van der Waals surface area contributed by atoms with Gasteiger partial charge in [-0.05, 0) is 42.0 Å². The summed E-state index contributed by atoms with van der Waals surface area (Å²) in [6, 6.07) is 0. The number of anilines is 1. The van der Waals surface area contributed by atoms with Gasteiger partial charge >= 0.3 is 0 Å². The molecule has 0 spiro atoms. The molecule has 0 fully saturated rings. The molecule has 0 unspecified atom stereocenters. The Morgan fingerprint density at radius 3 is 2.64 bits per heavy atom. The Hall–Kier alpha value is -0.560. The first-order valence-corrected chi connectivity index (χ1v) is 6.02. The summed E-state index contributed by atoms with van der Waals surface area (Å²) >= 11 is 3.86. The summed E-state index contributed by atoms with van der Waals surface area (Å²) in [5.41, 5.74) is 7.96. The van der Waals surface area contributed by atoms with Gasteiger partial charge in [0.25, 0.3) is 0 Å². The average Bonchev–Trinajstić information content (AvgIpc) is 2.63. The molecule has 3 nitrogen and oxygen atoms in total. The van der Waals surface area contributed by atoms with Crippen molar-refractivity contribution in [2.45, 2.75) is 13.8 Å². The summed E-state index contributed by atoms with van der Waals surface area (Å²) in [7, 11) is 0. The van der Waals surface area contributed by atoms with E-state index in [0.717, 1.165) is 14.9 Å². The zero-order valence-electron chi connectivity index (χ0n) is 7.80. The van der Waals surface area contributed by atoms with E-state index >= 15 is 0 Å². The molecule has 5 heteroatoms. The molecule has 2 aromatic heterocycles. The van der Waals surface area contributed by atoms with Crippen molar-refractivity contribution in [1.82, 2.24) is 5.16 Å². The standard InChI is InChI=1S/C9H9IN2OS/c1-4-5(2)14-3-6(4)8-7(10)9(11)12-13-8/h3H,1-2H3,(H2,11,12). The first-order chi connectivity index (χ1) is 6.61. The molecule has 0 atom stereocenters. The lowest BCUT2D eigenvalue weighted by atomic mass is 10.1. The van der Waals surface area contributed by atoms with Crippen LogP contribution in [0.4, 0.5) is 5.82 Å². The third-order valence-electron chi connectivity index (χ3n) is 2.19. The average molecular weight is 320 g/mol. The molecule has 14 heavy (non-hydrogen) atoms. The lowest BCUT2D eigenvalue weighted by Gasteiger charge is -1.95. The molecule has 0 amide bonds. The minimum Gasteiger partial charge on any atom is -0.380 e. The maximum atomic E-state index is 5.63. The van der Waals surface area contributed by atoms with Crippen LogP contribution in [0.3, 0.4) is 0 Å². The molecule has 0 aliphatic heterocycles. The molecule has 0 saturated heterocycles. The van der Waals surface area contributed by atoms with E-state index < -0.39 is 0 Å². The molecule has 2 N–H and O–H groups in total. The lowest BCUT2D eigenvalue weighted by molar-refractivity contribution is 0.435. The van der Waals surface area contributed by atoms with Crippen LogP contribution in [0.5, 0.6) is 0 Å². The molecular weight excluding hydrogens is 311 g/mol. The van der Waals surface area contributed by atoms with Crippen LogP contribution in [0.1, 0.15) is 10.4 Å². The zero-order valence-corrected chi connectivity index (χ0v) is 10.8. The lowest BCUT2D eigenvalue weighted by Crippen LogP contribution is -1.86. The third-order valence-corrected chi connectivity index (χ3v) is 4.25. The SMILES string of the molecule is Cc1scc(-c2onc(N)c2I)c1C. The summed E-state index contributed by atoms with van der Waals surface area (Å²) in [5, 5.41) is 5.82. The van der Waals surface area contributed by atoms with Crippen LogP contribution in [0.15, 0.2) is 9.90 Å². The maximum absolute atomic E-state index is 5.63. The molecule has 0 aliphatic carbocycles. The number of nitrogen functional groups attached to an aromatic ring is 1. The molecule has 0 aliphatic rings. The van der Waals surface area contributed by atoms with Crippen molar-refractivity contribution in [2.24, 2.45) is 0 Å². The first kappa shape index (κ1) is 9.97. The molecule has 74 valence electrons. The zero-order chi connectivity index (χ0) is 10.3. The van der Waals surface area contributed by atoms with Crippen molar-refractivity contribution in [1.29, 1.82) is 0 Å². The summed E-state index contributed by atoms with van der Waals surface area (Å²) in [5.74, 6) is 1.24. The molecule has 0 radical (unpaired) electrons. The van der Waals surface area contributed by atoms with Gasteiger partial charge in [0, 0.05) is 15.8 Å². The van der Waals surface area contributed by atoms with Crippen molar-refractivity contribution < 1.29 is 4.52 Å². The normalized spacial score (nSPS) is 10.8. The summed E-state index contributed by atoms with van der Waals surface area (Å²) in [6.07, 6.45) is 0. The predicted octanol–water partition coefficient (Wildman–Crippen LogP) is 3.21. The monoisotopic (exact) mass is 320 g/mol. The minimum atomic E-state index is 0.462. The van der Waals surface area contributed by atoms with Crippen LogP contribution in [0, 0.1) is 17.4 Å². The number of hydrogen-bond acceptors (Lipinski definition) is 4. The highest BCUT2D eigenvalue weighted by Crippen LogP contribution is 2.35. The van der Waals surface area contributed by atoms with Crippen LogP contribution >= 0.6 is 33.9 Å². The highest BCUT2D eigenvalue weighted by Gasteiger charge is 2.16. The van der Waals surface area contributed by atoms with E-state index in [1.54, 1.807) is 11.3 Å². The number of aromatic nitrogens is 1. The Bertz CT molecular complexity index is 431. The van der Waals surface area contributed by atoms with Gasteiger partial charge in [-0.2, -0.15) is 0 Å². The van der Waals surface area contributed by atoms with Crippen LogP contribution in [-0.4, -0.2) is 5.16 Å². The van der Waals surface area contributed by atoms with Gasteiger partial charge in [-0.25, -0.2) is 0 Å². The Kier molecular flexibility index (Phi) is 2.52. The van der Waals surface area contributed by atoms with E-state index in [2.05, 4.69) is 47.0 Å². The second-order valence-corrected chi connectivity index (χ2v) is 5.20.